The molecular weight excluding hydrogens is 492 g/mol. The van der Waals surface area contributed by atoms with Crippen LogP contribution >= 0.6 is 0 Å². The van der Waals surface area contributed by atoms with Crippen molar-refractivity contribution in [2.45, 2.75) is 89.5 Å². The Morgan fingerprint density at radius 2 is 1.76 bits per heavy atom. The fraction of sp³-hybridized carbons (Fsp3) is 0.621. The molecule has 2 bridgehead atoms. The molecule has 3 N–H and O–H groups in total. The second-order valence-electron chi connectivity index (χ2n) is 12.1. The molecule has 1 heterocycles. The van der Waals surface area contributed by atoms with Crippen molar-refractivity contribution < 1.29 is 43.9 Å². The van der Waals surface area contributed by atoms with E-state index < -0.39 is 70.1 Å². The molecule has 1 aliphatic heterocycles. The zero-order valence-electron chi connectivity index (χ0n) is 22.4. The number of hydrogen-bond acceptors (Lipinski definition) is 9. The Bertz CT molecular complexity index is 1210. The third-order valence-electron chi connectivity index (χ3n) is 9.81. The highest BCUT2D eigenvalue weighted by atomic mass is 16.6. The van der Waals surface area contributed by atoms with Crippen molar-refractivity contribution in [1.82, 2.24) is 0 Å². The standard InChI is InChI=1S/C29H36O9/c1-15-18(31)13-29(35)24(37-25(34)17-9-7-6-8-10-17)22-27(5,23(33)21(32)20(15)26(29,3)4)12-11-19-28(22,14-36-19)38-16(2)30/h6-10,18-19,21-22,24,31-32,35H,11-14H2,1-5H3/t18-,19+,21?,22?,24?,27+,28-,29+/m0/s1. The van der Waals surface area contributed by atoms with Gasteiger partial charge in [0.05, 0.1) is 24.2 Å². The summed E-state index contributed by atoms with van der Waals surface area (Å²) in [7, 11) is 0. The van der Waals surface area contributed by atoms with Gasteiger partial charge in [-0.3, -0.25) is 9.59 Å². The van der Waals surface area contributed by atoms with Crippen molar-refractivity contribution in [2.24, 2.45) is 16.7 Å². The number of benzene rings is 1. The van der Waals surface area contributed by atoms with Gasteiger partial charge in [-0.05, 0) is 43.0 Å². The van der Waals surface area contributed by atoms with Gasteiger partial charge in [0.2, 0.25) is 0 Å². The number of rotatable bonds is 3. The van der Waals surface area contributed by atoms with Crippen molar-refractivity contribution in [3.05, 3.63) is 47.0 Å². The predicted molar refractivity (Wildman–Crippen MR) is 134 cm³/mol. The van der Waals surface area contributed by atoms with Crippen LogP contribution < -0.4 is 0 Å². The van der Waals surface area contributed by atoms with Crippen molar-refractivity contribution >= 4 is 17.7 Å². The van der Waals surface area contributed by atoms with E-state index in [0.717, 1.165) is 0 Å². The minimum atomic E-state index is -1.94. The lowest BCUT2D eigenvalue weighted by molar-refractivity contribution is -0.332. The summed E-state index contributed by atoms with van der Waals surface area (Å²) in [6.45, 7) is 7.87. The number of aliphatic hydroxyl groups is 3. The maximum Gasteiger partial charge on any atom is 0.338 e. The van der Waals surface area contributed by atoms with Gasteiger partial charge in [-0.2, -0.15) is 0 Å². The smallest absolute Gasteiger partial charge is 0.338 e. The number of ether oxygens (including phenoxy) is 3. The summed E-state index contributed by atoms with van der Waals surface area (Å²) in [4.78, 5) is 40.2. The number of aliphatic hydroxyl groups excluding tert-OH is 2. The largest absolute Gasteiger partial charge is 0.455 e. The Morgan fingerprint density at radius 1 is 1.11 bits per heavy atom. The molecular formula is C29H36O9. The van der Waals surface area contributed by atoms with Gasteiger partial charge in [-0.1, -0.05) is 39.0 Å². The monoisotopic (exact) mass is 528 g/mol. The summed E-state index contributed by atoms with van der Waals surface area (Å²) >= 11 is 0. The van der Waals surface area contributed by atoms with Gasteiger partial charge in [0.1, 0.15) is 23.9 Å². The molecule has 1 saturated heterocycles. The number of fused-ring (bicyclic) bond motifs is 5. The third-order valence-corrected chi connectivity index (χ3v) is 9.81. The highest BCUT2D eigenvalue weighted by Gasteiger charge is 2.75. The lowest BCUT2D eigenvalue weighted by Crippen LogP contribution is -2.79. The predicted octanol–water partition coefficient (Wildman–Crippen LogP) is 2.11. The molecule has 38 heavy (non-hydrogen) atoms. The van der Waals surface area contributed by atoms with Crippen LogP contribution in [-0.2, 0) is 23.8 Å². The average Bonchev–Trinajstić information content (AvgIpc) is 2.84. The molecule has 3 fully saturated rings. The normalized spacial score (nSPS) is 41.6. The number of carbonyl (C=O) groups is 3. The van der Waals surface area contributed by atoms with Gasteiger partial charge in [-0.25, -0.2) is 4.79 Å². The molecule has 2 saturated carbocycles. The van der Waals surface area contributed by atoms with Gasteiger partial charge >= 0.3 is 11.9 Å². The molecule has 0 spiro atoms. The summed E-state index contributed by atoms with van der Waals surface area (Å²) in [6, 6.07) is 8.28. The fourth-order valence-corrected chi connectivity index (χ4v) is 7.68. The molecule has 1 aromatic carbocycles. The minimum Gasteiger partial charge on any atom is -0.455 e. The molecule has 9 heteroatoms. The molecule has 8 atom stereocenters. The average molecular weight is 529 g/mol. The van der Waals surface area contributed by atoms with Crippen LogP contribution in [0.15, 0.2) is 41.5 Å². The van der Waals surface area contributed by atoms with Crippen LogP contribution in [0.1, 0.15) is 64.2 Å². The van der Waals surface area contributed by atoms with Crippen LogP contribution in [0, 0.1) is 16.7 Å². The van der Waals surface area contributed by atoms with E-state index in [1.165, 1.54) is 6.92 Å². The first-order valence-electron chi connectivity index (χ1n) is 13.1. The molecule has 3 unspecified atom stereocenters. The molecule has 3 aliphatic carbocycles. The van der Waals surface area contributed by atoms with Crippen molar-refractivity contribution in [3.8, 4) is 0 Å². The van der Waals surface area contributed by atoms with Crippen LogP contribution in [0.4, 0.5) is 0 Å². The minimum absolute atomic E-state index is 0.0545. The zero-order chi connectivity index (χ0) is 27.8. The lowest BCUT2D eigenvalue weighted by Gasteiger charge is -2.66. The third kappa shape index (κ3) is 3.48. The van der Waals surface area contributed by atoms with E-state index in [1.54, 1.807) is 58.0 Å². The van der Waals surface area contributed by atoms with Gasteiger partial charge in [0.25, 0.3) is 0 Å². The second-order valence-corrected chi connectivity index (χ2v) is 12.1. The van der Waals surface area contributed by atoms with Crippen LogP contribution in [0.25, 0.3) is 0 Å². The zero-order valence-corrected chi connectivity index (χ0v) is 22.4. The summed E-state index contributed by atoms with van der Waals surface area (Å²) in [5, 5.41) is 35.3. The number of ketones is 1. The Balaban J connectivity index is 1.78. The SMILES string of the molecule is CC(=O)O[C@@]12CO[C@@H]1CC[C@@]1(C)C(=O)C(O)C3=C(C)[C@@H](O)C[C@@](O)(C(OC(=O)c4ccccc4)C12)C3(C)C. The van der Waals surface area contributed by atoms with Crippen LogP contribution in [0.2, 0.25) is 0 Å². The topological polar surface area (TPSA) is 140 Å². The van der Waals surface area contributed by atoms with Crippen molar-refractivity contribution in [1.29, 1.82) is 0 Å². The number of hydrogen-bond donors (Lipinski definition) is 3. The summed E-state index contributed by atoms with van der Waals surface area (Å²) in [5.74, 6) is -2.91. The van der Waals surface area contributed by atoms with E-state index in [2.05, 4.69) is 0 Å². The van der Waals surface area contributed by atoms with Crippen molar-refractivity contribution in [2.75, 3.05) is 6.61 Å². The molecule has 5 rings (SSSR count). The Morgan fingerprint density at radius 3 is 2.34 bits per heavy atom. The molecule has 0 amide bonds. The summed E-state index contributed by atoms with van der Waals surface area (Å²) in [5.41, 5.74) is -5.10. The maximum atomic E-state index is 14.2. The van der Waals surface area contributed by atoms with Crippen molar-refractivity contribution in [3.63, 3.8) is 0 Å². The molecule has 0 radical (unpaired) electrons. The van der Waals surface area contributed by atoms with Crippen LogP contribution in [0.3, 0.4) is 0 Å². The quantitative estimate of drug-likeness (QED) is 0.398. The van der Waals surface area contributed by atoms with E-state index in [4.69, 9.17) is 14.2 Å². The van der Waals surface area contributed by atoms with Gasteiger partial charge in [0.15, 0.2) is 11.4 Å². The van der Waals surface area contributed by atoms with Crippen LogP contribution in [-0.4, -0.2) is 75.3 Å². The second kappa shape index (κ2) is 8.71. The van der Waals surface area contributed by atoms with Crippen LogP contribution in [0.5, 0.6) is 0 Å². The fourth-order valence-electron chi connectivity index (χ4n) is 7.68. The molecule has 4 aliphatic rings. The highest BCUT2D eigenvalue weighted by molar-refractivity contribution is 5.93. The Hall–Kier alpha value is -2.59. The van der Waals surface area contributed by atoms with E-state index in [0.29, 0.717) is 12.0 Å². The Kier molecular flexibility index (Phi) is 6.19. The first-order chi connectivity index (χ1) is 17.7. The molecule has 1 aromatic rings. The first kappa shape index (κ1) is 27.0. The number of esters is 2. The molecule has 9 nitrogen and oxygen atoms in total. The maximum absolute atomic E-state index is 14.2. The van der Waals surface area contributed by atoms with E-state index in [1.807, 2.05) is 0 Å². The summed E-state index contributed by atoms with van der Waals surface area (Å²) in [6.07, 6.45) is -4.37. The Labute approximate surface area is 221 Å². The summed E-state index contributed by atoms with van der Waals surface area (Å²) < 4.78 is 17.9. The van der Waals surface area contributed by atoms with Gasteiger partial charge in [0, 0.05) is 24.2 Å². The van der Waals surface area contributed by atoms with E-state index in [9.17, 15) is 29.7 Å². The lowest BCUT2D eigenvalue weighted by atomic mass is 9.45. The first-order valence-corrected chi connectivity index (χ1v) is 13.1. The number of carbonyl (C=O) groups excluding carboxylic acids is 3. The number of Topliss-reactive ketones (excluding diaryl/α,β-unsaturated/α-hetero) is 1. The molecule has 0 aromatic heterocycles. The highest BCUT2D eigenvalue weighted by Crippen LogP contribution is 2.63. The van der Waals surface area contributed by atoms with Gasteiger partial charge in [-0.15, -0.1) is 0 Å². The van der Waals surface area contributed by atoms with Gasteiger partial charge < -0.3 is 29.5 Å². The molecule has 206 valence electrons. The van der Waals surface area contributed by atoms with E-state index in [-0.39, 0.29) is 30.6 Å². The van der Waals surface area contributed by atoms with E-state index >= 15 is 0 Å².